The second-order valence-electron chi connectivity index (χ2n) is 5.71. The van der Waals surface area contributed by atoms with Crippen molar-refractivity contribution < 1.29 is 9.47 Å². The summed E-state index contributed by atoms with van der Waals surface area (Å²) in [7, 11) is 3.54. The first kappa shape index (κ1) is 17.6. The van der Waals surface area contributed by atoms with Gasteiger partial charge in [-0.15, -0.1) is 0 Å². The molecule has 0 amide bonds. The normalized spacial score (nSPS) is 16.5. The topological polar surface area (TPSA) is 46.1 Å². The first-order chi connectivity index (χ1) is 11.3. The standard InChI is InChI=1S/C18H29N3O2/c1-4-23-17-10-13-21(14-11-17)18(19-2)20-12-9-15-5-7-16(22-3)8-6-15/h5-8,17H,4,9-14H2,1-3H3,(H,19,20). The van der Waals surface area contributed by atoms with Crippen molar-refractivity contribution in [3.63, 3.8) is 0 Å². The summed E-state index contributed by atoms with van der Waals surface area (Å²) in [6, 6.07) is 8.22. The molecule has 0 atom stereocenters. The van der Waals surface area contributed by atoms with Gasteiger partial charge in [0.25, 0.3) is 0 Å². The number of ether oxygens (including phenoxy) is 2. The van der Waals surface area contributed by atoms with Gasteiger partial charge in [0, 0.05) is 33.3 Å². The van der Waals surface area contributed by atoms with E-state index in [1.165, 1.54) is 5.56 Å². The molecule has 128 valence electrons. The maximum atomic E-state index is 5.71. The van der Waals surface area contributed by atoms with Crippen molar-refractivity contribution in [3.8, 4) is 5.75 Å². The quantitative estimate of drug-likeness (QED) is 0.646. The number of likely N-dealkylation sites (tertiary alicyclic amines) is 1. The van der Waals surface area contributed by atoms with Gasteiger partial charge in [0.05, 0.1) is 13.2 Å². The zero-order chi connectivity index (χ0) is 16.5. The van der Waals surface area contributed by atoms with E-state index >= 15 is 0 Å². The van der Waals surface area contributed by atoms with E-state index in [2.05, 4.69) is 34.3 Å². The van der Waals surface area contributed by atoms with Gasteiger partial charge >= 0.3 is 0 Å². The molecule has 1 N–H and O–H groups in total. The van der Waals surface area contributed by atoms with Crippen LogP contribution >= 0.6 is 0 Å². The Morgan fingerprint density at radius 3 is 2.52 bits per heavy atom. The molecule has 0 bridgehead atoms. The molecule has 0 aromatic heterocycles. The number of guanidine groups is 1. The van der Waals surface area contributed by atoms with Gasteiger partial charge < -0.3 is 19.7 Å². The number of nitrogens with zero attached hydrogens (tertiary/aromatic N) is 2. The van der Waals surface area contributed by atoms with Gasteiger partial charge in [0.2, 0.25) is 0 Å². The molecule has 0 spiro atoms. The van der Waals surface area contributed by atoms with Gasteiger partial charge in [-0.3, -0.25) is 4.99 Å². The number of benzene rings is 1. The Bertz CT molecular complexity index is 480. The zero-order valence-corrected chi connectivity index (χ0v) is 14.5. The lowest BCUT2D eigenvalue weighted by atomic mass is 10.1. The second-order valence-corrected chi connectivity index (χ2v) is 5.71. The molecule has 2 rings (SSSR count). The minimum atomic E-state index is 0.411. The first-order valence-corrected chi connectivity index (χ1v) is 8.47. The van der Waals surface area contributed by atoms with E-state index in [0.29, 0.717) is 6.10 Å². The number of aliphatic imine (C=N–C) groups is 1. The third kappa shape index (κ3) is 5.43. The lowest BCUT2D eigenvalue weighted by molar-refractivity contribution is 0.0264. The smallest absolute Gasteiger partial charge is 0.193 e. The molecule has 1 aliphatic rings. The lowest BCUT2D eigenvalue weighted by Crippen LogP contribution is -2.47. The average Bonchev–Trinajstić information content (AvgIpc) is 2.60. The molecule has 1 fully saturated rings. The number of nitrogens with one attached hydrogen (secondary N) is 1. The maximum Gasteiger partial charge on any atom is 0.193 e. The van der Waals surface area contributed by atoms with Gasteiger partial charge in [-0.2, -0.15) is 0 Å². The van der Waals surface area contributed by atoms with Gasteiger partial charge in [-0.1, -0.05) is 12.1 Å². The fourth-order valence-corrected chi connectivity index (χ4v) is 2.91. The van der Waals surface area contributed by atoms with Gasteiger partial charge in [0.1, 0.15) is 5.75 Å². The Labute approximate surface area is 139 Å². The monoisotopic (exact) mass is 319 g/mol. The predicted octanol–water partition coefficient (Wildman–Crippen LogP) is 2.31. The highest BCUT2D eigenvalue weighted by Crippen LogP contribution is 2.14. The number of hydrogen-bond donors (Lipinski definition) is 1. The highest BCUT2D eigenvalue weighted by atomic mass is 16.5. The molecular formula is C18H29N3O2. The maximum absolute atomic E-state index is 5.71. The SMILES string of the molecule is CCOC1CCN(C(=NC)NCCc2ccc(OC)cc2)CC1. The van der Waals surface area contributed by atoms with Crippen LogP contribution in [0.5, 0.6) is 5.75 Å². The van der Waals surface area contributed by atoms with E-state index in [1.54, 1.807) is 7.11 Å². The van der Waals surface area contributed by atoms with Crippen molar-refractivity contribution in [2.75, 3.05) is 40.4 Å². The van der Waals surface area contributed by atoms with Crippen LogP contribution in [0.25, 0.3) is 0 Å². The Balaban J connectivity index is 1.74. The predicted molar refractivity (Wildman–Crippen MR) is 94.3 cm³/mol. The van der Waals surface area contributed by atoms with Gasteiger partial charge in [-0.05, 0) is 43.9 Å². The zero-order valence-electron chi connectivity index (χ0n) is 14.5. The van der Waals surface area contributed by atoms with Crippen LogP contribution in [0.3, 0.4) is 0 Å². The van der Waals surface area contributed by atoms with Crippen molar-refractivity contribution in [1.82, 2.24) is 10.2 Å². The molecule has 5 heteroatoms. The summed E-state index contributed by atoms with van der Waals surface area (Å²) in [5.74, 6) is 1.89. The van der Waals surface area contributed by atoms with Crippen molar-refractivity contribution in [1.29, 1.82) is 0 Å². The third-order valence-electron chi connectivity index (χ3n) is 4.21. The Hall–Kier alpha value is -1.75. The average molecular weight is 319 g/mol. The van der Waals surface area contributed by atoms with E-state index in [0.717, 1.165) is 57.2 Å². The van der Waals surface area contributed by atoms with Gasteiger partial charge in [0.15, 0.2) is 5.96 Å². The number of rotatable bonds is 6. The molecule has 1 aromatic rings. The summed E-state index contributed by atoms with van der Waals surface area (Å²) in [6.07, 6.45) is 3.53. The van der Waals surface area contributed by atoms with Crippen LogP contribution in [0.4, 0.5) is 0 Å². The van der Waals surface area contributed by atoms with E-state index in [1.807, 2.05) is 19.2 Å². The number of methoxy groups -OCH3 is 1. The summed E-state index contributed by atoms with van der Waals surface area (Å²) in [4.78, 5) is 6.73. The van der Waals surface area contributed by atoms with Crippen LogP contribution in [-0.4, -0.2) is 57.4 Å². The molecule has 1 heterocycles. The fourth-order valence-electron chi connectivity index (χ4n) is 2.91. The van der Waals surface area contributed by atoms with Crippen LogP contribution in [0.1, 0.15) is 25.3 Å². The van der Waals surface area contributed by atoms with Crippen molar-refractivity contribution in [3.05, 3.63) is 29.8 Å². The molecule has 1 aliphatic heterocycles. The van der Waals surface area contributed by atoms with Gasteiger partial charge in [-0.25, -0.2) is 0 Å². The van der Waals surface area contributed by atoms with Crippen molar-refractivity contribution in [2.45, 2.75) is 32.3 Å². The number of hydrogen-bond acceptors (Lipinski definition) is 3. The van der Waals surface area contributed by atoms with E-state index in [-0.39, 0.29) is 0 Å². The van der Waals surface area contributed by atoms with Crippen LogP contribution in [0.15, 0.2) is 29.3 Å². The summed E-state index contributed by atoms with van der Waals surface area (Å²) in [5.41, 5.74) is 1.30. The molecule has 0 radical (unpaired) electrons. The Kier molecular flexibility index (Phi) is 7.20. The largest absolute Gasteiger partial charge is 0.497 e. The summed E-state index contributed by atoms with van der Waals surface area (Å²) in [6.45, 7) is 5.76. The summed E-state index contributed by atoms with van der Waals surface area (Å²) < 4.78 is 10.9. The molecule has 1 saturated heterocycles. The Morgan fingerprint density at radius 2 is 1.96 bits per heavy atom. The highest BCUT2D eigenvalue weighted by Gasteiger charge is 2.21. The first-order valence-electron chi connectivity index (χ1n) is 8.47. The van der Waals surface area contributed by atoms with Crippen molar-refractivity contribution in [2.24, 2.45) is 4.99 Å². The molecule has 0 aliphatic carbocycles. The van der Waals surface area contributed by atoms with Crippen LogP contribution in [0.2, 0.25) is 0 Å². The second kappa shape index (κ2) is 9.40. The van der Waals surface area contributed by atoms with E-state index in [4.69, 9.17) is 9.47 Å². The van der Waals surface area contributed by atoms with Crippen LogP contribution in [0, 0.1) is 0 Å². The minimum absolute atomic E-state index is 0.411. The third-order valence-corrected chi connectivity index (χ3v) is 4.21. The molecular weight excluding hydrogens is 290 g/mol. The lowest BCUT2D eigenvalue weighted by Gasteiger charge is -2.34. The highest BCUT2D eigenvalue weighted by molar-refractivity contribution is 5.79. The van der Waals surface area contributed by atoms with E-state index < -0.39 is 0 Å². The molecule has 1 aromatic carbocycles. The Morgan fingerprint density at radius 1 is 1.26 bits per heavy atom. The minimum Gasteiger partial charge on any atom is -0.497 e. The summed E-state index contributed by atoms with van der Waals surface area (Å²) in [5, 5.41) is 3.47. The van der Waals surface area contributed by atoms with Crippen LogP contribution in [-0.2, 0) is 11.2 Å². The molecule has 5 nitrogen and oxygen atoms in total. The molecule has 23 heavy (non-hydrogen) atoms. The van der Waals surface area contributed by atoms with Crippen molar-refractivity contribution >= 4 is 5.96 Å². The molecule has 0 saturated carbocycles. The fraction of sp³-hybridized carbons (Fsp3) is 0.611. The summed E-state index contributed by atoms with van der Waals surface area (Å²) >= 11 is 0. The van der Waals surface area contributed by atoms with Crippen LogP contribution < -0.4 is 10.1 Å². The molecule has 0 unspecified atom stereocenters. The number of piperidine rings is 1. The van der Waals surface area contributed by atoms with E-state index in [9.17, 15) is 0 Å².